The van der Waals surface area contributed by atoms with E-state index in [4.69, 9.17) is 9.47 Å². The van der Waals surface area contributed by atoms with E-state index in [0.717, 1.165) is 11.4 Å². The molecular weight excluding hydrogens is 338 g/mol. The molecule has 0 aliphatic heterocycles. The molecule has 2 aromatic carbocycles. The maximum absolute atomic E-state index is 5.96. The molecule has 0 atom stereocenters. The first kappa shape index (κ1) is 17.5. The lowest BCUT2D eigenvalue weighted by molar-refractivity contribution is 0.0457. The second-order valence-electron chi connectivity index (χ2n) is 6.67. The molecule has 1 aliphatic rings. The van der Waals surface area contributed by atoms with Gasteiger partial charge in [0.1, 0.15) is 5.75 Å². The molecule has 0 unspecified atom stereocenters. The summed E-state index contributed by atoms with van der Waals surface area (Å²) in [5.41, 5.74) is 2.10. The fourth-order valence-electron chi connectivity index (χ4n) is 3.15. The van der Waals surface area contributed by atoms with Crippen molar-refractivity contribution in [2.45, 2.75) is 38.4 Å². The number of aromatic nitrogens is 2. The molecule has 1 N–H and O–H groups in total. The quantitative estimate of drug-likeness (QED) is 0.604. The van der Waals surface area contributed by atoms with E-state index >= 15 is 0 Å². The minimum Gasteiger partial charge on any atom is -0.439 e. The van der Waals surface area contributed by atoms with E-state index in [-0.39, 0.29) is 0 Å². The Morgan fingerprint density at radius 1 is 0.926 bits per heavy atom. The van der Waals surface area contributed by atoms with Gasteiger partial charge in [0.2, 0.25) is 11.8 Å². The zero-order valence-corrected chi connectivity index (χ0v) is 15.2. The van der Waals surface area contributed by atoms with Gasteiger partial charge in [0.15, 0.2) is 0 Å². The summed E-state index contributed by atoms with van der Waals surface area (Å²) < 4.78 is 11.7. The fourth-order valence-corrected chi connectivity index (χ4v) is 3.15. The van der Waals surface area contributed by atoms with Gasteiger partial charge in [-0.25, -0.2) is 4.98 Å². The van der Waals surface area contributed by atoms with E-state index in [2.05, 4.69) is 27.4 Å². The van der Waals surface area contributed by atoms with Crippen LogP contribution in [0.4, 0.5) is 11.6 Å². The van der Waals surface area contributed by atoms with Gasteiger partial charge in [-0.2, -0.15) is 4.98 Å². The molecular formula is C22H23N3O2. The lowest BCUT2D eigenvalue weighted by Crippen LogP contribution is -2.07. The Balaban J connectivity index is 1.35. The molecule has 5 heteroatoms. The molecule has 1 fully saturated rings. The fraction of sp³-hybridized carbons (Fsp3) is 0.273. The van der Waals surface area contributed by atoms with Crippen LogP contribution in [0.15, 0.2) is 66.9 Å². The Labute approximate surface area is 159 Å². The zero-order chi connectivity index (χ0) is 18.3. The highest BCUT2D eigenvalue weighted by Crippen LogP contribution is 2.23. The molecule has 3 aromatic rings. The average Bonchev–Trinajstić information content (AvgIpc) is 3.22. The number of para-hydroxylation sites is 1. The van der Waals surface area contributed by atoms with Crippen molar-refractivity contribution >= 4 is 11.6 Å². The smallest absolute Gasteiger partial charge is 0.230 e. The van der Waals surface area contributed by atoms with E-state index in [9.17, 15) is 0 Å². The second-order valence-corrected chi connectivity index (χ2v) is 6.67. The summed E-state index contributed by atoms with van der Waals surface area (Å²) in [6.07, 6.45) is 7.08. The van der Waals surface area contributed by atoms with Gasteiger partial charge in [0.25, 0.3) is 0 Å². The van der Waals surface area contributed by atoms with Crippen molar-refractivity contribution in [3.63, 3.8) is 0 Å². The Morgan fingerprint density at radius 2 is 1.70 bits per heavy atom. The number of benzene rings is 2. The van der Waals surface area contributed by atoms with Crippen LogP contribution in [0.25, 0.3) is 0 Å². The van der Waals surface area contributed by atoms with Crippen LogP contribution < -0.4 is 10.1 Å². The maximum atomic E-state index is 5.96. The normalized spacial score (nSPS) is 14.2. The number of nitrogens with zero attached hydrogens (tertiary/aromatic N) is 2. The Morgan fingerprint density at radius 3 is 2.48 bits per heavy atom. The molecule has 27 heavy (non-hydrogen) atoms. The third-order valence-corrected chi connectivity index (χ3v) is 4.59. The van der Waals surface area contributed by atoms with E-state index in [1.165, 1.54) is 31.2 Å². The van der Waals surface area contributed by atoms with Crippen molar-refractivity contribution in [3.05, 3.63) is 72.4 Å². The zero-order valence-electron chi connectivity index (χ0n) is 15.2. The molecule has 0 radical (unpaired) electrons. The van der Waals surface area contributed by atoms with Crippen molar-refractivity contribution in [2.24, 2.45) is 0 Å². The molecule has 1 heterocycles. The maximum Gasteiger partial charge on any atom is 0.230 e. The van der Waals surface area contributed by atoms with Crippen LogP contribution in [0.5, 0.6) is 11.6 Å². The van der Waals surface area contributed by atoms with E-state index in [0.29, 0.717) is 24.5 Å². The summed E-state index contributed by atoms with van der Waals surface area (Å²) in [6.45, 7) is 0.668. The summed E-state index contributed by atoms with van der Waals surface area (Å²) in [5.74, 6) is 1.74. The Kier molecular flexibility index (Phi) is 5.60. The number of rotatable bonds is 7. The van der Waals surface area contributed by atoms with Crippen molar-refractivity contribution in [3.8, 4) is 11.6 Å². The number of ether oxygens (including phenoxy) is 2. The second kappa shape index (κ2) is 8.64. The first-order valence-corrected chi connectivity index (χ1v) is 9.39. The molecule has 0 bridgehead atoms. The molecule has 0 spiro atoms. The first-order chi connectivity index (χ1) is 13.3. The predicted octanol–water partition coefficient (Wildman–Crippen LogP) is 5.47. The number of hydrogen-bond donors (Lipinski definition) is 1. The monoisotopic (exact) mass is 361 g/mol. The van der Waals surface area contributed by atoms with Crippen LogP contribution in [0.3, 0.4) is 0 Å². The first-order valence-electron chi connectivity index (χ1n) is 9.39. The third kappa shape index (κ3) is 5.05. The number of nitrogens with one attached hydrogen (secondary N) is 1. The van der Waals surface area contributed by atoms with Gasteiger partial charge in [-0.1, -0.05) is 43.2 Å². The standard InChI is InChI=1S/C22H23N3O2/c1-2-8-20(9-3-1)27-21-14-15-23-22(25-21)24-18-12-10-17(11-13-18)16-26-19-6-4-5-7-19/h1-3,8-15,19H,4-7,16H2,(H,23,24,25). The number of anilines is 2. The van der Waals surface area contributed by atoms with Gasteiger partial charge in [-0.3, -0.25) is 0 Å². The summed E-state index contributed by atoms with van der Waals surface area (Å²) in [4.78, 5) is 8.67. The van der Waals surface area contributed by atoms with Crippen molar-refractivity contribution in [1.82, 2.24) is 9.97 Å². The lowest BCUT2D eigenvalue weighted by atomic mass is 10.2. The van der Waals surface area contributed by atoms with Gasteiger partial charge in [0.05, 0.1) is 12.7 Å². The van der Waals surface area contributed by atoms with Crippen LogP contribution in [-0.4, -0.2) is 16.1 Å². The molecule has 5 nitrogen and oxygen atoms in total. The molecule has 4 rings (SSSR count). The van der Waals surface area contributed by atoms with Crippen LogP contribution in [-0.2, 0) is 11.3 Å². The predicted molar refractivity (Wildman–Crippen MR) is 105 cm³/mol. The van der Waals surface area contributed by atoms with Crippen LogP contribution in [0, 0.1) is 0 Å². The molecule has 138 valence electrons. The molecule has 0 amide bonds. The minimum atomic E-state index is 0.434. The van der Waals surface area contributed by atoms with Crippen molar-refractivity contribution < 1.29 is 9.47 Å². The highest BCUT2D eigenvalue weighted by atomic mass is 16.5. The van der Waals surface area contributed by atoms with Crippen LogP contribution in [0.2, 0.25) is 0 Å². The van der Waals surface area contributed by atoms with Crippen molar-refractivity contribution in [2.75, 3.05) is 5.32 Å². The van der Waals surface area contributed by atoms with Crippen molar-refractivity contribution in [1.29, 1.82) is 0 Å². The summed E-state index contributed by atoms with van der Waals surface area (Å²) >= 11 is 0. The summed E-state index contributed by atoms with van der Waals surface area (Å²) in [5, 5.41) is 3.21. The largest absolute Gasteiger partial charge is 0.439 e. The minimum absolute atomic E-state index is 0.434. The van der Waals surface area contributed by atoms with Gasteiger partial charge in [-0.15, -0.1) is 0 Å². The van der Waals surface area contributed by atoms with Gasteiger partial charge in [0, 0.05) is 18.0 Å². The number of hydrogen-bond acceptors (Lipinski definition) is 5. The van der Waals surface area contributed by atoms with Gasteiger partial charge >= 0.3 is 0 Å². The van der Waals surface area contributed by atoms with Gasteiger partial charge < -0.3 is 14.8 Å². The highest BCUT2D eigenvalue weighted by Gasteiger charge is 2.15. The van der Waals surface area contributed by atoms with E-state index < -0.39 is 0 Å². The Bertz CT molecular complexity index is 847. The molecule has 1 aromatic heterocycles. The molecule has 1 aliphatic carbocycles. The topological polar surface area (TPSA) is 56.3 Å². The summed E-state index contributed by atoms with van der Waals surface area (Å²) in [7, 11) is 0. The summed E-state index contributed by atoms with van der Waals surface area (Å²) in [6, 6.07) is 19.5. The van der Waals surface area contributed by atoms with Crippen LogP contribution >= 0.6 is 0 Å². The molecule has 1 saturated carbocycles. The third-order valence-electron chi connectivity index (χ3n) is 4.59. The lowest BCUT2D eigenvalue weighted by Gasteiger charge is -2.11. The average molecular weight is 361 g/mol. The van der Waals surface area contributed by atoms with Gasteiger partial charge in [-0.05, 0) is 42.7 Å². The van der Waals surface area contributed by atoms with E-state index in [1.807, 2.05) is 42.5 Å². The SMILES string of the molecule is c1ccc(Oc2ccnc(Nc3ccc(COC4CCCC4)cc3)n2)cc1. The van der Waals surface area contributed by atoms with Crippen LogP contribution in [0.1, 0.15) is 31.2 Å². The van der Waals surface area contributed by atoms with E-state index in [1.54, 1.807) is 12.3 Å². The molecule has 0 saturated heterocycles. The highest BCUT2D eigenvalue weighted by molar-refractivity contribution is 5.53. The Hall–Kier alpha value is -2.92.